The summed E-state index contributed by atoms with van der Waals surface area (Å²) in [6.07, 6.45) is -11.8. The maximum absolute atomic E-state index is 13.3. The van der Waals surface area contributed by atoms with Crippen molar-refractivity contribution in [1.82, 2.24) is 4.90 Å². The largest absolute Gasteiger partial charge is 0.458 e. The van der Waals surface area contributed by atoms with Gasteiger partial charge in [0, 0.05) is 26.1 Å². The van der Waals surface area contributed by atoms with Crippen LogP contribution >= 0.6 is 0 Å². The van der Waals surface area contributed by atoms with Crippen LogP contribution in [0.25, 0.3) is 0 Å². The topological polar surface area (TPSA) is 48.0 Å². The number of nitrogens with zero attached hydrogens (tertiary/aromatic N) is 1. The highest BCUT2D eigenvalue weighted by atomic mass is 19.4. The van der Waals surface area contributed by atoms with Gasteiger partial charge < -0.3 is 14.2 Å². The Balaban J connectivity index is 2.65. The second-order valence-corrected chi connectivity index (χ2v) is 7.34. The second kappa shape index (κ2) is 10.8. The number of carbonyl (C=O) groups excluding carboxylic acids is 1. The minimum atomic E-state index is -4.84. The van der Waals surface area contributed by atoms with Crippen molar-refractivity contribution in [3.8, 4) is 0 Å². The highest BCUT2D eigenvalue weighted by Crippen LogP contribution is 2.38. The van der Waals surface area contributed by atoms with Gasteiger partial charge in [-0.1, -0.05) is 0 Å². The summed E-state index contributed by atoms with van der Waals surface area (Å²) < 4.78 is 105. The molecule has 0 aromatic rings. The molecule has 0 spiro atoms. The van der Waals surface area contributed by atoms with Gasteiger partial charge in [0.25, 0.3) is 5.92 Å². The Morgan fingerprint density at radius 1 is 1.10 bits per heavy atom. The third-order valence-electron chi connectivity index (χ3n) is 4.43. The predicted molar refractivity (Wildman–Crippen MR) is 88.0 cm³/mol. The Morgan fingerprint density at radius 3 is 2.21 bits per heavy atom. The van der Waals surface area contributed by atoms with E-state index in [1.807, 2.05) is 0 Å². The molecule has 0 radical (unpaired) electrons. The van der Waals surface area contributed by atoms with Crippen LogP contribution in [0.2, 0.25) is 0 Å². The lowest BCUT2D eigenvalue weighted by molar-refractivity contribution is -0.229. The highest BCUT2D eigenvalue weighted by Gasteiger charge is 2.54. The van der Waals surface area contributed by atoms with Crippen molar-refractivity contribution < 1.29 is 49.7 Å². The fraction of sp³-hybridized carbons (Fsp3) is 0.941. The van der Waals surface area contributed by atoms with Crippen molar-refractivity contribution in [2.45, 2.75) is 51.3 Å². The molecule has 0 aliphatic carbocycles. The van der Waals surface area contributed by atoms with Crippen LogP contribution in [0.3, 0.4) is 0 Å². The van der Waals surface area contributed by atoms with Crippen molar-refractivity contribution in [2.75, 3.05) is 46.1 Å². The molecule has 1 heterocycles. The van der Waals surface area contributed by atoms with E-state index in [1.54, 1.807) is 4.90 Å². The molecule has 1 atom stereocenters. The van der Waals surface area contributed by atoms with Crippen LogP contribution in [-0.2, 0) is 19.0 Å². The van der Waals surface area contributed by atoms with Crippen LogP contribution in [0.1, 0.15) is 26.7 Å². The predicted octanol–water partition coefficient (Wildman–Crippen LogP) is 3.52. The number of alkyl halides is 7. The third kappa shape index (κ3) is 9.04. The van der Waals surface area contributed by atoms with Gasteiger partial charge in [-0.3, -0.25) is 9.69 Å². The normalized spacial score (nSPS) is 18.1. The van der Waals surface area contributed by atoms with Gasteiger partial charge >= 0.3 is 12.1 Å². The van der Waals surface area contributed by atoms with E-state index in [0.29, 0.717) is 40.2 Å². The van der Waals surface area contributed by atoms with Crippen LogP contribution in [-0.4, -0.2) is 81.6 Å². The molecule has 1 rings (SSSR count). The van der Waals surface area contributed by atoms with Gasteiger partial charge in [-0.25, -0.2) is 17.6 Å². The maximum Gasteiger partial charge on any atom is 0.404 e. The Hall–Kier alpha value is -1.14. The molecule has 5 nitrogen and oxygen atoms in total. The molecular formula is C17H26F7NO4. The first-order valence-electron chi connectivity index (χ1n) is 9.06. The van der Waals surface area contributed by atoms with Crippen molar-refractivity contribution in [1.29, 1.82) is 0 Å². The molecule has 0 aromatic heterocycles. The molecule has 1 aliphatic rings. The van der Waals surface area contributed by atoms with Gasteiger partial charge in [-0.15, -0.1) is 0 Å². The van der Waals surface area contributed by atoms with E-state index in [4.69, 9.17) is 14.2 Å². The van der Waals surface area contributed by atoms with Crippen LogP contribution in [0, 0.1) is 5.41 Å². The lowest BCUT2D eigenvalue weighted by atomic mass is 9.93. The van der Waals surface area contributed by atoms with E-state index < -0.39 is 62.1 Å². The SMILES string of the molecule is CC(C)(C(=O)OC(COCCC(F)(F)CC(F)F)CN1CCOCC1)C(F)(F)F. The zero-order valence-corrected chi connectivity index (χ0v) is 16.2. The Kier molecular flexibility index (Phi) is 9.61. The number of hydrogen-bond donors (Lipinski definition) is 0. The molecule has 12 heteroatoms. The van der Waals surface area contributed by atoms with Gasteiger partial charge in [-0.2, -0.15) is 13.2 Å². The van der Waals surface area contributed by atoms with Crippen molar-refractivity contribution in [3.63, 3.8) is 0 Å². The molecule has 0 amide bonds. The fourth-order valence-electron chi connectivity index (χ4n) is 2.37. The first-order valence-corrected chi connectivity index (χ1v) is 9.06. The van der Waals surface area contributed by atoms with Crippen molar-refractivity contribution >= 4 is 5.97 Å². The standard InChI is InChI=1S/C17H26F7NO4/c1-15(2,17(22,23)24)14(26)29-12(10-25-4-7-27-8-5-25)11-28-6-3-16(20,21)9-13(18)19/h12-13H,3-11H2,1-2H3. The van der Waals surface area contributed by atoms with Crippen molar-refractivity contribution in [2.24, 2.45) is 5.41 Å². The number of esters is 1. The quantitative estimate of drug-likeness (QED) is 0.279. The van der Waals surface area contributed by atoms with Crippen molar-refractivity contribution in [3.05, 3.63) is 0 Å². The van der Waals surface area contributed by atoms with Gasteiger partial charge in [0.2, 0.25) is 6.43 Å². The Morgan fingerprint density at radius 2 is 1.69 bits per heavy atom. The van der Waals surface area contributed by atoms with E-state index in [1.165, 1.54) is 0 Å². The van der Waals surface area contributed by atoms with Gasteiger partial charge in [0.05, 0.1) is 32.8 Å². The molecule has 172 valence electrons. The maximum atomic E-state index is 13.3. The average Bonchev–Trinajstić information content (AvgIpc) is 2.57. The fourth-order valence-corrected chi connectivity index (χ4v) is 2.37. The Labute approximate surface area is 164 Å². The summed E-state index contributed by atoms with van der Waals surface area (Å²) >= 11 is 0. The summed E-state index contributed by atoms with van der Waals surface area (Å²) in [6.45, 7) is 1.98. The van der Waals surface area contributed by atoms with E-state index in [-0.39, 0.29) is 6.54 Å². The van der Waals surface area contributed by atoms with Crippen LogP contribution < -0.4 is 0 Å². The molecular weight excluding hydrogens is 415 g/mol. The number of hydrogen-bond acceptors (Lipinski definition) is 5. The van der Waals surface area contributed by atoms with E-state index in [0.717, 1.165) is 0 Å². The molecule has 1 fully saturated rings. The first-order chi connectivity index (χ1) is 13.2. The Bertz CT molecular complexity index is 509. The monoisotopic (exact) mass is 441 g/mol. The number of morpholine rings is 1. The van der Waals surface area contributed by atoms with E-state index in [9.17, 15) is 35.5 Å². The van der Waals surface area contributed by atoms with Gasteiger partial charge in [0.1, 0.15) is 6.10 Å². The lowest BCUT2D eigenvalue weighted by Crippen LogP contribution is -2.47. The summed E-state index contributed by atoms with van der Waals surface area (Å²) in [5, 5.41) is 0. The number of carbonyl (C=O) groups is 1. The van der Waals surface area contributed by atoms with E-state index in [2.05, 4.69) is 0 Å². The summed E-state index contributed by atoms with van der Waals surface area (Å²) in [7, 11) is 0. The smallest absolute Gasteiger partial charge is 0.404 e. The molecule has 1 unspecified atom stereocenters. The summed E-state index contributed by atoms with van der Waals surface area (Å²) in [5.41, 5.74) is -2.76. The third-order valence-corrected chi connectivity index (χ3v) is 4.43. The number of rotatable bonds is 11. The summed E-state index contributed by atoms with van der Waals surface area (Å²) in [5.74, 6) is -5.15. The van der Waals surface area contributed by atoms with Gasteiger partial charge in [0.15, 0.2) is 5.41 Å². The molecule has 29 heavy (non-hydrogen) atoms. The molecule has 1 saturated heterocycles. The minimum Gasteiger partial charge on any atom is -0.458 e. The van der Waals surface area contributed by atoms with Crippen LogP contribution in [0.15, 0.2) is 0 Å². The number of halogens is 7. The molecule has 0 N–H and O–H groups in total. The first kappa shape index (κ1) is 25.9. The molecule has 1 aliphatic heterocycles. The number of ether oxygens (including phenoxy) is 3. The molecule has 0 bridgehead atoms. The molecule has 0 saturated carbocycles. The summed E-state index contributed by atoms with van der Waals surface area (Å²) in [6, 6.07) is 0. The average molecular weight is 441 g/mol. The van der Waals surface area contributed by atoms with Crippen LogP contribution in [0.4, 0.5) is 30.7 Å². The zero-order chi connectivity index (χ0) is 22.3. The molecule has 0 aromatic carbocycles. The zero-order valence-electron chi connectivity index (χ0n) is 16.2. The lowest BCUT2D eigenvalue weighted by Gasteiger charge is -2.32. The highest BCUT2D eigenvalue weighted by molar-refractivity contribution is 5.77. The van der Waals surface area contributed by atoms with Crippen LogP contribution in [0.5, 0.6) is 0 Å². The summed E-state index contributed by atoms with van der Waals surface area (Å²) in [4.78, 5) is 13.8. The van der Waals surface area contributed by atoms with Gasteiger partial charge in [-0.05, 0) is 13.8 Å². The minimum absolute atomic E-state index is 0.0243. The van der Waals surface area contributed by atoms with E-state index >= 15 is 0 Å². The second-order valence-electron chi connectivity index (χ2n) is 7.34.